The van der Waals surface area contributed by atoms with Gasteiger partial charge in [-0.3, -0.25) is 9.59 Å². The summed E-state index contributed by atoms with van der Waals surface area (Å²) in [4.78, 5) is 28.1. The number of hydrogen-bond donors (Lipinski definition) is 1. The van der Waals surface area contributed by atoms with Gasteiger partial charge < -0.3 is 15.0 Å². The van der Waals surface area contributed by atoms with Crippen LogP contribution in [0.1, 0.15) is 50.2 Å². The standard InChI is InChI=1S/C26H33FN2O3S/c1-3-24(26(31)28-21-11-5-6-12-21)29(16-19-9-8-13-22(15-19)32-2)25(30)18-33-17-20-10-4-7-14-23(20)27/h4,7-10,13-15,21,24H,3,5-6,11-12,16-18H2,1-2H3,(H,28,31). The number of nitrogens with zero attached hydrogens (tertiary/aromatic N) is 1. The summed E-state index contributed by atoms with van der Waals surface area (Å²) in [7, 11) is 1.60. The molecule has 1 fully saturated rings. The molecule has 7 heteroatoms. The van der Waals surface area contributed by atoms with Gasteiger partial charge in [0.05, 0.1) is 12.9 Å². The van der Waals surface area contributed by atoms with E-state index in [1.54, 1.807) is 30.2 Å². The minimum atomic E-state index is -0.557. The second-order valence-corrected chi connectivity index (χ2v) is 9.36. The van der Waals surface area contributed by atoms with Crippen LogP contribution in [-0.4, -0.2) is 41.7 Å². The quantitative estimate of drug-likeness (QED) is 0.504. The molecule has 1 saturated carbocycles. The smallest absolute Gasteiger partial charge is 0.243 e. The zero-order valence-corrected chi connectivity index (χ0v) is 20.2. The van der Waals surface area contributed by atoms with Crippen LogP contribution in [0.2, 0.25) is 0 Å². The van der Waals surface area contributed by atoms with Gasteiger partial charge in [-0.1, -0.05) is 50.1 Å². The van der Waals surface area contributed by atoms with Crippen LogP contribution < -0.4 is 10.1 Å². The zero-order valence-electron chi connectivity index (χ0n) is 19.4. The van der Waals surface area contributed by atoms with Crippen LogP contribution in [0.3, 0.4) is 0 Å². The fourth-order valence-corrected chi connectivity index (χ4v) is 5.10. The van der Waals surface area contributed by atoms with E-state index in [4.69, 9.17) is 4.74 Å². The first kappa shape index (κ1) is 25.1. The zero-order chi connectivity index (χ0) is 23.6. The van der Waals surface area contributed by atoms with E-state index in [2.05, 4.69) is 5.32 Å². The Hall–Kier alpha value is -2.54. The molecular formula is C26H33FN2O3S. The second kappa shape index (κ2) is 12.6. The van der Waals surface area contributed by atoms with E-state index >= 15 is 0 Å². The number of ether oxygens (including phenoxy) is 1. The van der Waals surface area contributed by atoms with E-state index in [9.17, 15) is 14.0 Å². The van der Waals surface area contributed by atoms with Crippen LogP contribution in [0, 0.1) is 5.82 Å². The normalized spacial score (nSPS) is 14.6. The number of amides is 2. The van der Waals surface area contributed by atoms with Crippen molar-refractivity contribution in [3.05, 3.63) is 65.5 Å². The van der Waals surface area contributed by atoms with Crippen LogP contribution >= 0.6 is 11.8 Å². The minimum absolute atomic E-state index is 0.0975. The SMILES string of the molecule is CCC(C(=O)NC1CCCC1)N(Cc1cccc(OC)c1)C(=O)CSCc1ccccc1F. The number of nitrogens with one attached hydrogen (secondary N) is 1. The molecule has 1 unspecified atom stereocenters. The molecule has 33 heavy (non-hydrogen) atoms. The first-order valence-electron chi connectivity index (χ1n) is 11.6. The maximum Gasteiger partial charge on any atom is 0.243 e. The number of carbonyl (C=O) groups is 2. The average Bonchev–Trinajstić information content (AvgIpc) is 3.33. The molecule has 1 N–H and O–H groups in total. The van der Waals surface area contributed by atoms with Crippen LogP contribution in [-0.2, 0) is 21.9 Å². The highest BCUT2D eigenvalue weighted by Crippen LogP contribution is 2.22. The van der Waals surface area contributed by atoms with Gasteiger partial charge in [-0.15, -0.1) is 11.8 Å². The summed E-state index contributed by atoms with van der Waals surface area (Å²) in [6.45, 7) is 2.24. The lowest BCUT2D eigenvalue weighted by Gasteiger charge is -2.31. The maximum atomic E-state index is 13.9. The average molecular weight is 473 g/mol. The molecule has 1 aliphatic rings. The van der Waals surface area contributed by atoms with E-state index in [1.807, 2.05) is 31.2 Å². The molecule has 2 aromatic rings. The number of hydrogen-bond acceptors (Lipinski definition) is 4. The van der Waals surface area contributed by atoms with Crippen molar-refractivity contribution in [2.45, 2.75) is 63.4 Å². The third-order valence-corrected chi connectivity index (χ3v) is 6.98. The van der Waals surface area contributed by atoms with Crippen LogP contribution in [0.15, 0.2) is 48.5 Å². The van der Waals surface area contributed by atoms with Crippen LogP contribution in [0.5, 0.6) is 5.75 Å². The van der Waals surface area contributed by atoms with Crippen molar-refractivity contribution in [1.29, 1.82) is 0 Å². The van der Waals surface area contributed by atoms with Crippen LogP contribution in [0.4, 0.5) is 4.39 Å². The second-order valence-electron chi connectivity index (χ2n) is 8.37. The van der Waals surface area contributed by atoms with Gasteiger partial charge in [0.1, 0.15) is 17.6 Å². The molecule has 3 rings (SSSR count). The van der Waals surface area contributed by atoms with Gasteiger partial charge in [-0.2, -0.15) is 0 Å². The molecule has 178 valence electrons. The lowest BCUT2D eigenvalue weighted by molar-refractivity contribution is -0.139. The summed E-state index contributed by atoms with van der Waals surface area (Å²) in [6.07, 6.45) is 4.75. The van der Waals surface area contributed by atoms with E-state index in [0.29, 0.717) is 30.0 Å². The molecule has 0 aromatic heterocycles. The molecule has 0 radical (unpaired) electrons. The Balaban J connectivity index is 1.73. The van der Waals surface area contributed by atoms with Crippen LogP contribution in [0.25, 0.3) is 0 Å². The predicted molar refractivity (Wildman–Crippen MR) is 131 cm³/mol. The predicted octanol–water partition coefficient (Wildman–Crippen LogP) is 4.93. The highest BCUT2D eigenvalue weighted by atomic mass is 32.2. The first-order valence-corrected chi connectivity index (χ1v) is 12.7. The van der Waals surface area contributed by atoms with Gasteiger partial charge >= 0.3 is 0 Å². The maximum absolute atomic E-state index is 13.9. The van der Waals surface area contributed by atoms with E-state index in [0.717, 1.165) is 31.2 Å². The minimum Gasteiger partial charge on any atom is -0.497 e. The van der Waals surface area contributed by atoms with Crippen molar-refractivity contribution in [3.63, 3.8) is 0 Å². The monoisotopic (exact) mass is 472 g/mol. The summed E-state index contributed by atoms with van der Waals surface area (Å²) >= 11 is 1.36. The number of methoxy groups -OCH3 is 1. The van der Waals surface area contributed by atoms with Crippen molar-refractivity contribution < 1.29 is 18.7 Å². The van der Waals surface area contributed by atoms with Crippen molar-refractivity contribution >= 4 is 23.6 Å². The van der Waals surface area contributed by atoms with Gasteiger partial charge in [0.15, 0.2) is 0 Å². The highest BCUT2D eigenvalue weighted by molar-refractivity contribution is 7.99. The van der Waals surface area contributed by atoms with Gasteiger partial charge in [0.25, 0.3) is 0 Å². The summed E-state index contributed by atoms with van der Waals surface area (Å²) < 4.78 is 19.3. The Morgan fingerprint density at radius 3 is 2.64 bits per heavy atom. The molecule has 0 spiro atoms. The van der Waals surface area contributed by atoms with Gasteiger partial charge in [-0.25, -0.2) is 4.39 Å². The number of rotatable bonds is 11. The summed E-state index contributed by atoms with van der Waals surface area (Å²) in [5.74, 6) is 0.778. The van der Waals surface area contributed by atoms with Gasteiger partial charge in [0, 0.05) is 18.3 Å². The largest absolute Gasteiger partial charge is 0.497 e. The number of thioether (sulfide) groups is 1. The Kier molecular flexibility index (Phi) is 9.61. The molecule has 0 aliphatic heterocycles. The third kappa shape index (κ3) is 7.22. The van der Waals surface area contributed by atoms with E-state index < -0.39 is 6.04 Å². The molecule has 1 atom stereocenters. The van der Waals surface area contributed by atoms with Gasteiger partial charge in [0.2, 0.25) is 11.8 Å². The first-order chi connectivity index (χ1) is 16.0. The molecule has 2 amide bonds. The third-order valence-electron chi connectivity index (χ3n) is 6.02. The Morgan fingerprint density at radius 1 is 1.18 bits per heavy atom. The lowest BCUT2D eigenvalue weighted by Crippen LogP contribution is -2.51. The Bertz CT molecular complexity index is 933. The Labute approximate surface area is 200 Å². The van der Waals surface area contributed by atoms with E-state index in [-0.39, 0.29) is 29.4 Å². The molecule has 0 heterocycles. The number of carbonyl (C=O) groups excluding carboxylic acids is 2. The highest BCUT2D eigenvalue weighted by Gasteiger charge is 2.30. The van der Waals surface area contributed by atoms with Crippen molar-refractivity contribution in [3.8, 4) is 5.75 Å². The molecule has 2 aromatic carbocycles. The summed E-state index contributed by atoms with van der Waals surface area (Å²) in [6, 6.07) is 13.8. The fraction of sp³-hybridized carbons (Fsp3) is 0.462. The number of halogens is 1. The van der Waals surface area contributed by atoms with Crippen molar-refractivity contribution in [1.82, 2.24) is 10.2 Å². The molecule has 1 aliphatic carbocycles. The lowest BCUT2D eigenvalue weighted by atomic mass is 10.1. The van der Waals surface area contributed by atoms with Crippen molar-refractivity contribution in [2.24, 2.45) is 0 Å². The van der Waals surface area contributed by atoms with E-state index in [1.165, 1.54) is 17.8 Å². The number of benzene rings is 2. The summed E-state index contributed by atoms with van der Waals surface area (Å²) in [5, 5.41) is 3.15. The molecular weight excluding hydrogens is 439 g/mol. The van der Waals surface area contributed by atoms with Gasteiger partial charge in [-0.05, 0) is 48.6 Å². The van der Waals surface area contributed by atoms with Crippen molar-refractivity contribution in [2.75, 3.05) is 12.9 Å². The summed E-state index contributed by atoms with van der Waals surface area (Å²) in [5.41, 5.74) is 1.47. The topological polar surface area (TPSA) is 58.6 Å². The fourth-order valence-electron chi connectivity index (χ4n) is 4.20. The molecule has 0 saturated heterocycles. The Morgan fingerprint density at radius 2 is 1.94 bits per heavy atom. The molecule has 0 bridgehead atoms. The molecule has 5 nitrogen and oxygen atoms in total.